The van der Waals surface area contributed by atoms with Gasteiger partial charge in [-0.2, -0.15) is 0 Å². The number of hydrogen-bond donors (Lipinski definition) is 0. The zero-order valence-electron chi connectivity index (χ0n) is 25.6. The van der Waals surface area contributed by atoms with Gasteiger partial charge in [0.25, 0.3) is 5.56 Å². The summed E-state index contributed by atoms with van der Waals surface area (Å²) in [4.78, 5) is 22.6. The molecule has 0 saturated carbocycles. The van der Waals surface area contributed by atoms with Gasteiger partial charge in [-0.15, -0.1) is 0 Å². The molecule has 1 heterocycles. The minimum Gasteiger partial charge on any atom is -0.466 e. The van der Waals surface area contributed by atoms with Gasteiger partial charge < -0.3 is 4.74 Å². The van der Waals surface area contributed by atoms with Gasteiger partial charge in [-0.25, -0.2) is 0 Å². The molecule has 0 aromatic carbocycles. The lowest BCUT2D eigenvalue weighted by Gasteiger charge is -2.04. The van der Waals surface area contributed by atoms with E-state index in [1.807, 2.05) is 9.34 Å². The summed E-state index contributed by atoms with van der Waals surface area (Å²) in [6, 6.07) is 1.64. The molecule has 0 spiro atoms. The third-order valence-electron chi connectivity index (χ3n) is 7.10. The molecule has 0 radical (unpaired) electrons. The van der Waals surface area contributed by atoms with Crippen LogP contribution < -0.4 is 5.56 Å². The lowest BCUT2D eigenvalue weighted by molar-refractivity contribution is -0.143. The van der Waals surface area contributed by atoms with Gasteiger partial charge in [0.2, 0.25) is 0 Å². The van der Waals surface area contributed by atoms with Crippen LogP contribution >= 0.6 is 11.5 Å². The van der Waals surface area contributed by atoms with Crippen LogP contribution in [0.1, 0.15) is 175 Å². The van der Waals surface area contributed by atoms with E-state index in [9.17, 15) is 9.59 Å². The molecule has 0 unspecified atom stereocenters. The Morgan fingerprint density at radius 2 is 1.05 bits per heavy atom. The third kappa shape index (κ3) is 26.5. The fourth-order valence-corrected chi connectivity index (χ4v) is 5.26. The molecule has 1 rings (SSSR count). The number of rotatable bonds is 26. The molecule has 5 heteroatoms. The van der Waals surface area contributed by atoms with Crippen LogP contribution in [0.3, 0.4) is 0 Å². The Morgan fingerprint density at radius 1 is 0.632 bits per heavy atom. The van der Waals surface area contributed by atoms with E-state index in [1.165, 1.54) is 134 Å². The topological polar surface area (TPSA) is 48.3 Å². The number of nitrogens with zero attached hydrogens (tertiary/aromatic N) is 1. The fourth-order valence-electron chi connectivity index (χ4n) is 4.54. The summed E-state index contributed by atoms with van der Waals surface area (Å²) in [7, 11) is 0. The largest absolute Gasteiger partial charge is 0.466 e. The van der Waals surface area contributed by atoms with Gasteiger partial charge in [-0.05, 0) is 19.3 Å². The lowest BCUT2D eigenvalue weighted by Crippen LogP contribution is -2.11. The van der Waals surface area contributed by atoms with Gasteiger partial charge in [0, 0.05) is 24.4 Å². The Balaban J connectivity index is 0.000000824. The molecule has 224 valence electrons. The third-order valence-corrected chi connectivity index (χ3v) is 7.98. The van der Waals surface area contributed by atoms with Crippen molar-refractivity contribution in [2.75, 3.05) is 6.61 Å². The van der Waals surface area contributed by atoms with Gasteiger partial charge in [-0.3, -0.25) is 13.5 Å². The first-order valence-corrected chi connectivity index (χ1v) is 17.3. The number of esters is 1. The first-order valence-electron chi connectivity index (χ1n) is 16.5. The van der Waals surface area contributed by atoms with Crippen LogP contribution in [-0.2, 0) is 16.1 Å². The molecule has 0 aliphatic rings. The van der Waals surface area contributed by atoms with Gasteiger partial charge in [0.15, 0.2) is 0 Å². The van der Waals surface area contributed by atoms with Crippen molar-refractivity contribution in [2.45, 2.75) is 181 Å². The van der Waals surface area contributed by atoms with E-state index in [2.05, 4.69) is 20.8 Å². The van der Waals surface area contributed by atoms with Crippen molar-refractivity contribution in [1.29, 1.82) is 0 Å². The van der Waals surface area contributed by atoms with Gasteiger partial charge in [0.05, 0.1) is 6.61 Å². The van der Waals surface area contributed by atoms with E-state index in [-0.39, 0.29) is 11.5 Å². The number of ether oxygens (including phenoxy) is 1. The van der Waals surface area contributed by atoms with Gasteiger partial charge in [0.1, 0.15) is 0 Å². The predicted octanol–water partition coefficient (Wildman–Crippen LogP) is 10.9. The summed E-state index contributed by atoms with van der Waals surface area (Å²) in [5, 5.41) is 1.86. The summed E-state index contributed by atoms with van der Waals surface area (Å²) >= 11 is 1.52. The Morgan fingerprint density at radius 3 is 1.47 bits per heavy atom. The summed E-state index contributed by atoms with van der Waals surface area (Å²) in [6.45, 7) is 8.13. The van der Waals surface area contributed by atoms with Gasteiger partial charge in [-0.1, -0.05) is 161 Å². The molecule has 0 N–H and O–H groups in total. The van der Waals surface area contributed by atoms with Crippen LogP contribution in [0.25, 0.3) is 0 Å². The molecule has 0 aliphatic heterocycles. The molecule has 0 bridgehead atoms. The van der Waals surface area contributed by atoms with Crippen LogP contribution in [-0.4, -0.2) is 16.5 Å². The first kappa shape index (κ1) is 36.9. The minimum absolute atomic E-state index is 0.00172. The van der Waals surface area contributed by atoms with Crippen molar-refractivity contribution in [2.24, 2.45) is 0 Å². The molecular formula is C33H63NO3S. The van der Waals surface area contributed by atoms with E-state index >= 15 is 0 Å². The zero-order valence-corrected chi connectivity index (χ0v) is 26.4. The van der Waals surface area contributed by atoms with E-state index in [4.69, 9.17) is 4.74 Å². The summed E-state index contributed by atoms with van der Waals surface area (Å²) < 4.78 is 7.00. The molecule has 0 aliphatic carbocycles. The van der Waals surface area contributed by atoms with Crippen molar-refractivity contribution in [3.8, 4) is 0 Å². The fraction of sp³-hybridized carbons (Fsp3) is 0.879. The second-order valence-corrected chi connectivity index (χ2v) is 11.8. The molecule has 1 aromatic rings. The average molecular weight is 554 g/mol. The molecule has 4 nitrogen and oxygen atoms in total. The maximum atomic E-state index is 11.4. The first-order chi connectivity index (χ1) is 18.7. The molecule has 38 heavy (non-hydrogen) atoms. The SMILES string of the molecule is CCCCCCCCCCCCCCCCCC(=O)OCCCC.CCCCCCCCn1sccc1=O. The summed E-state index contributed by atoms with van der Waals surface area (Å²) in [5.74, 6) is -0.00172. The van der Waals surface area contributed by atoms with Crippen molar-refractivity contribution < 1.29 is 9.53 Å². The molecule has 0 fully saturated rings. The highest BCUT2D eigenvalue weighted by Gasteiger charge is 2.02. The maximum Gasteiger partial charge on any atom is 0.305 e. The van der Waals surface area contributed by atoms with E-state index in [0.29, 0.717) is 13.0 Å². The number of aryl methyl sites for hydroxylation is 1. The van der Waals surface area contributed by atoms with Crippen LogP contribution in [0.4, 0.5) is 0 Å². The maximum absolute atomic E-state index is 11.4. The van der Waals surface area contributed by atoms with Crippen molar-refractivity contribution in [1.82, 2.24) is 3.96 Å². The highest BCUT2D eigenvalue weighted by molar-refractivity contribution is 7.04. The summed E-state index contributed by atoms with van der Waals surface area (Å²) in [5.41, 5.74) is 0.156. The Hall–Kier alpha value is -1.10. The normalized spacial score (nSPS) is 10.8. The van der Waals surface area contributed by atoms with E-state index in [0.717, 1.165) is 32.2 Å². The number of hydrogen-bond acceptors (Lipinski definition) is 4. The average Bonchev–Trinajstić information content (AvgIpc) is 3.33. The number of carbonyl (C=O) groups is 1. The van der Waals surface area contributed by atoms with Crippen molar-refractivity contribution in [3.05, 3.63) is 21.8 Å². The molecule has 1 aromatic heterocycles. The zero-order chi connectivity index (χ0) is 27.9. The predicted molar refractivity (Wildman–Crippen MR) is 167 cm³/mol. The van der Waals surface area contributed by atoms with Crippen LogP contribution in [0.15, 0.2) is 16.2 Å². The minimum atomic E-state index is -0.00172. The van der Waals surface area contributed by atoms with Crippen molar-refractivity contribution in [3.63, 3.8) is 0 Å². The van der Waals surface area contributed by atoms with E-state index in [1.54, 1.807) is 6.07 Å². The second kappa shape index (κ2) is 30.4. The molecule has 0 saturated heterocycles. The highest BCUT2D eigenvalue weighted by atomic mass is 32.1. The summed E-state index contributed by atoms with van der Waals surface area (Å²) in [6.07, 6.45) is 30.8. The second-order valence-electron chi connectivity index (χ2n) is 10.9. The Kier molecular flexibility index (Phi) is 29.6. The smallest absolute Gasteiger partial charge is 0.305 e. The number of aromatic nitrogens is 1. The van der Waals surface area contributed by atoms with Crippen molar-refractivity contribution >= 4 is 17.5 Å². The van der Waals surface area contributed by atoms with Crippen LogP contribution in [0, 0.1) is 0 Å². The standard InChI is InChI=1S/C22H44O2.C11H19NOS/c1-3-5-7-8-9-10-11-12-13-14-15-16-17-18-19-20-22(23)24-21-6-4-2;1-2-3-4-5-6-7-9-12-11(13)8-10-14-12/h3-21H2,1-2H3;8,10H,2-7,9H2,1H3. The Bertz CT molecular complexity index is 655. The number of unbranched alkanes of at least 4 members (excludes halogenated alkanes) is 20. The monoisotopic (exact) mass is 553 g/mol. The lowest BCUT2D eigenvalue weighted by atomic mass is 10.0. The molecular weight excluding hydrogens is 490 g/mol. The quantitative estimate of drug-likeness (QED) is 0.0846. The Labute approximate surface area is 240 Å². The van der Waals surface area contributed by atoms with E-state index < -0.39 is 0 Å². The molecule has 0 atom stereocenters. The highest BCUT2D eigenvalue weighted by Crippen LogP contribution is 2.14. The molecule has 0 amide bonds. The van der Waals surface area contributed by atoms with Crippen LogP contribution in [0.5, 0.6) is 0 Å². The van der Waals surface area contributed by atoms with Gasteiger partial charge >= 0.3 is 5.97 Å². The van der Waals surface area contributed by atoms with Crippen LogP contribution in [0.2, 0.25) is 0 Å². The number of carbonyl (C=O) groups excluding carboxylic acids is 1.